The molecular weight excluding hydrogens is 402 g/mol. The highest BCUT2D eigenvalue weighted by molar-refractivity contribution is 7.80. The van der Waals surface area contributed by atoms with Gasteiger partial charge in [0.1, 0.15) is 10.8 Å². The summed E-state index contributed by atoms with van der Waals surface area (Å²) in [5.41, 5.74) is 3.88. The van der Waals surface area contributed by atoms with Gasteiger partial charge in [0.15, 0.2) is 5.11 Å². The summed E-state index contributed by atoms with van der Waals surface area (Å²) >= 11 is 6.91. The first kappa shape index (κ1) is 19.0. The van der Waals surface area contributed by atoms with Crippen LogP contribution in [0.15, 0.2) is 71.4 Å². The quantitative estimate of drug-likeness (QED) is 0.343. The van der Waals surface area contributed by atoms with E-state index in [1.165, 1.54) is 6.08 Å². The number of rotatable bonds is 4. The Morgan fingerprint density at radius 1 is 1.17 bits per heavy atom. The number of nitrogens with zero attached hydrogens (tertiary/aromatic N) is 1. The van der Waals surface area contributed by atoms with Crippen molar-refractivity contribution in [2.24, 2.45) is 0 Å². The number of fused-ring (bicyclic) bond motifs is 1. The van der Waals surface area contributed by atoms with Gasteiger partial charge in [0.25, 0.3) is 0 Å². The van der Waals surface area contributed by atoms with E-state index >= 15 is 0 Å². The molecule has 4 aromatic rings. The molecule has 0 saturated heterocycles. The second-order valence-corrected chi connectivity index (χ2v) is 7.75. The van der Waals surface area contributed by atoms with Crippen LogP contribution in [0.3, 0.4) is 0 Å². The van der Waals surface area contributed by atoms with Crippen molar-refractivity contribution in [3.63, 3.8) is 0 Å². The zero-order valence-corrected chi connectivity index (χ0v) is 17.1. The van der Waals surface area contributed by atoms with E-state index in [9.17, 15) is 4.79 Å². The second-order valence-electron chi connectivity index (χ2n) is 6.31. The van der Waals surface area contributed by atoms with Gasteiger partial charge in [-0.1, -0.05) is 12.1 Å². The number of amides is 1. The molecule has 0 bridgehead atoms. The molecule has 29 heavy (non-hydrogen) atoms. The first-order valence-electron chi connectivity index (χ1n) is 8.88. The Balaban J connectivity index is 1.42. The molecule has 0 radical (unpaired) electrons. The second kappa shape index (κ2) is 8.38. The lowest BCUT2D eigenvalue weighted by Gasteiger charge is -2.11. The first-order chi connectivity index (χ1) is 14.1. The third-order valence-electron chi connectivity index (χ3n) is 4.19. The summed E-state index contributed by atoms with van der Waals surface area (Å²) in [5, 5.41) is 6.89. The predicted molar refractivity (Wildman–Crippen MR) is 122 cm³/mol. The molecule has 1 amide bonds. The number of anilines is 1. The van der Waals surface area contributed by atoms with Crippen LogP contribution >= 0.6 is 23.6 Å². The Morgan fingerprint density at radius 3 is 2.79 bits per heavy atom. The van der Waals surface area contributed by atoms with Crippen molar-refractivity contribution in [2.45, 2.75) is 6.92 Å². The van der Waals surface area contributed by atoms with Crippen molar-refractivity contribution in [3.8, 4) is 10.6 Å². The average molecular weight is 420 g/mol. The Labute approximate surface area is 177 Å². The number of hydrogen-bond acceptors (Lipinski definition) is 5. The minimum atomic E-state index is -0.331. The molecule has 4 rings (SSSR count). The van der Waals surface area contributed by atoms with E-state index in [-0.39, 0.29) is 11.0 Å². The lowest BCUT2D eigenvalue weighted by Crippen LogP contribution is -2.33. The molecule has 7 heteroatoms. The number of carbonyl (C=O) groups excluding carboxylic acids is 1. The number of benzene rings is 2. The molecule has 144 valence electrons. The number of aryl methyl sites for hydroxylation is 1. The van der Waals surface area contributed by atoms with E-state index in [1.807, 2.05) is 37.3 Å². The highest BCUT2D eigenvalue weighted by atomic mass is 32.1. The molecule has 2 aromatic heterocycles. The molecule has 2 aromatic carbocycles. The number of thiazole rings is 1. The lowest BCUT2D eigenvalue weighted by atomic mass is 10.1. The van der Waals surface area contributed by atoms with E-state index in [2.05, 4.69) is 22.8 Å². The standard InChI is InChI=1S/C22H17N3O2S2/c1-14-13-15(21-23-18-6-2-3-7-19(18)29-21)8-10-17(14)24-22(28)25-20(26)11-9-16-5-4-12-27-16/h2-13H,1H3,(H2,24,25,26,28)/b11-9+. The molecule has 5 nitrogen and oxygen atoms in total. The zero-order valence-electron chi connectivity index (χ0n) is 15.5. The topological polar surface area (TPSA) is 67.2 Å². The first-order valence-corrected chi connectivity index (χ1v) is 10.1. The van der Waals surface area contributed by atoms with Crippen LogP contribution in [0, 0.1) is 6.92 Å². The van der Waals surface area contributed by atoms with E-state index < -0.39 is 0 Å². The van der Waals surface area contributed by atoms with Crippen LogP contribution in [0.1, 0.15) is 11.3 Å². The number of aromatic nitrogens is 1. The Hall–Kier alpha value is -3.29. The summed E-state index contributed by atoms with van der Waals surface area (Å²) in [7, 11) is 0. The highest BCUT2D eigenvalue weighted by Gasteiger charge is 2.09. The van der Waals surface area contributed by atoms with Crippen LogP contribution in [0.5, 0.6) is 0 Å². The van der Waals surface area contributed by atoms with Crippen LogP contribution in [-0.4, -0.2) is 16.0 Å². The van der Waals surface area contributed by atoms with Gasteiger partial charge in [-0.3, -0.25) is 10.1 Å². The SMILES string of the molecule is Cc1cc(-c2nc3ccccc3s2)ccc1NC(=S)NC(=O)/C=C/c1ccco1. The number of thiocarbonyl (C=S) groups is 1. The van der Waals surface area contributed by atoms with Crippen molar-refractivity contribution in [2.75, 3.05) is 5.32 Å². The number of hydrogen-bond donors (Lipinski definition) is 2. The minimum Gasteiger partial charge on any atom is -0.465 e. The fraction of sp³-hybridized carbons (Fsp3) is 0.0455. The molecule has 2 heterocycles. The summed E-state index contributed by atoms with van der Waals surface area (Å²) in [4.78, 5) is 16.7. The minimum absolute atomic E-state index is 0.231. The van der Waals surface area contributed by atoms with Gasteiger partial charge in [-0.25, -0.2) is 4.98 Å². The van der Waals surface area contributed by atoms with Gasteiger partial charge in [-0.15, -0.1) is 11.3 Å². The van der Waals surface area contributed by atoms with Gasteiger partial charge in [0.05, 0.1) is 16.5 Å². The fourth-order valence-electron chi connectivity index (χ4n) is 2.78. The monoisotopic (exact) mass is 419 g/mol. The van der Waals surface area contributed by atoms with Crippen molar-refractivity contribution < 1.29 is 9.21 Å². The molecule has 2 N–H and O–H groups in total. The normalized spacial score (nSPS) is 11.1. The predicted octanol–water partition coefficient (Wildman–Crippen LogP) is 5.39. The molecule has 0 spiro atoms. The van der Waals surface area contributed by atoms with E-state index in [1.54, 1.807) is 35.8 Å². The van der Waals surface area contributed by atoms with Gasteiger partial charge < -0.3 is 9.73 Å². The van der Waals surface area contributed by atoms with Crippen molar-refractivity contribution in [1.29, 1.82) is 0 Å². The third-order valence-corrected chi connectivity index (χ3v) is 5.48. The molecule has 0 fully saturated rings. The maximum Gasteiger partial charge on any atom is 0.250 e. The van der Waals surface area contributed by atoms with Crippen LogP contribution in [-0.2, 0) is 4.79 Å². The Kier molecular flexibility index (Phi) is 5.50. The van der Waals surface area contributed by atoms with Crippen LogP contribution in [0.2, 0.25) is 0 Å². The highest BCUT2D eigenvalue weighted by Crippen LogP contribution is 2.31. The molecule has 0 saturated carbocycles. The number of para-hydroxylation sites is 1. The van der Waals surface area contributed by atoms with E-state index in [0.29, 0.717) is 5.76 Å². The van der Waals surface area contributed by atoms with Crippen molar-refractivity contribution in [1.82, 2.24) is 10.3 Å². The number of furan rings is 1. The third kappa shape index (κ3) is 4.59. The van der Waals surface area contributed by atoms with Crippen LogP contribution in [0.25, 0.3) is 26.9 Å². The molecule has 0 aliphatic heterocycles. The summed E-state index contributed by atoms with van der Waals surface area (Å²) in [6, 6.07) is 17.6. The smallest absolute Gasteiger partial charge is 0.250 e. The summed E-state index contributed by atoms with van der Waals surface area (Å²) in [6.45, 7) is 1.99. The number of carbonyl (C=O) groups is 1. The average Bonchev–Trinajstić information content (AvgIpc) is 3.37. The fourth-order valence-corrected chi connectivity index (χ4v) is 3.96. The Morgan fingerprint density at radius 2 is 2.03 bits per heavy atom. The molecular formula is C22H17N3O2S2. The van der Waals surface area contributed by atoms with Gasteiger partial charge in [-0.2, -0.15) is 0 Å². The van der Waals surface area contributed by atoms with Crippen LogP contribution < -0.4 is 10.6 Å². The molecule has 0 aliphatic carbocycles. The summed E-state index contributed by atoms with van der Waals surface area (Å²) in [5.74, 6) is 0.267. The maximum absolute atomic E-state index is 12.0. The van der Waals surface area contributed by atoms with Gasteiger partial charge in [0.2, 0.25) is 5.91 Å². The van der Waals surface area contributed by atoms with Crippen LogP contribution in [0.4, 0.5) is 5.69 Å². The summed E-state index contributed by atoms with van der Waals surface area (Å²) in [6.07, 6.45) is 4.50. The maximum atomic E-state index is 12.0. The van der Waals surface area contributed by atoms with E-state index in [0.717, 1.165) is 32.0 Å². The largest absolute Gasteiger partial charge is 0.465 e. The Bertz CT molecular complexity index is 1180. The lowest BCUT2D eigenvalue weighted by molar-refractivity contribution is -0.115. The van der Waals surface area contributed by atoms with Gasteiger partial charge in [0, 0.05) is 17.3 Å². The molecule has 0 atom stereocenters. The number of nitrogens with one attached hydrogen (secondary N) is 2. The zero-order chi connectivity index (χ0) is 20.2. The van der Waals surface area contributed by atoms with Crippen molar-refractivity contribution in [3.05, 3.63) is 78.3 Å². The van der Waals surface area contributed by atoms with Gasteiger partial charge in [-0.05, 0) is 73.2 Å². The molecule has 0 aliphatic rings. The van der Waals surface area contributed by atoms with E-state index in [4.69, 9.17) is 21.6 Å². The van der Waals surface area contributed by atoms with Crippen molar-refractivity contribution >= 4 is 56.6 Å². The molecule has 0 unspecified atom stereocenters. The summed E-state index contributed by atoms with van der Waals surface area (Å²) < 4.78 is 6.31. The van der Waals surface area contributed by atoms with Gasteiger partial charge >= 0.3 is 0 Å².